The lowest BCUT2D eigenvalue weighted by molar-refractivity contribution is 1.09. The van der Waals surface area contributed by atoms with Crippen molar-refractivity contribution in [2.45, 2.75) is 13.5 Å². The summed E-state index contributed by atoms with van der Waals surface area (Å²) in [5, 5.41) is 3.47. The Balaban J connectivity index is 2.80. The van der Waals surface area contributed by atoms with Gasteiger partial charge in [-0.25, -0.2) is 0 Å². The molecule has 0 amide bonds. The summed E-state index contributed by atoms with van der Waals surface area (Å²) in [6.07, 6.45) is 0. The van der Waals surface area contributed by atoms with Crippen LogP contribution in [0.3, 0.4) is 0 Å². The van der Waals surface area contributed by atoms with Gasteiger partial charge in [-0.15, -0.1) is 11.3 Å². The molecule has 12 heavy (non-hydrogen) atoms. The standard InChI is InChI=1S/C10H11NS/c1-7-3-2-4-9-8(5-11)6-12-10(7)9/h2-4,6H,5,11H2,1H3. The van der Waals surface area contributed by atoms with Crippen molar-refractivity contribution in [2.75, 3.05) is 0 Å². The van der Waals surface area contributed by atoms with Gasteiger partial charge < -0.3 is 5.73 Å². The number of thiophene rings is 1. The summed E-state index contributed by atoms with van der Waals surface area (Å²) >= 11 is 1.79. The van der Waals surface area contributed by atoms with Crippen molar-refractivity contribution >= 4 is 21.4 Å². The van der Waals surface area contributed by atoms with E-state index in [-0.39, 0.29) is 0 Å². The maximum absolute atomic E-state index is 5.62. The molecule has 2 aromatic rings. The minimum absolute atomic E-state index is 0.642. The fourth-order valence-electron chi connectivity index (χ4n) is 1.41. The van der Waals surface area contributed by atoms with E-state index >= 15 is 0 Å². The van der Waals surface area contributed by atoms with Crippen LogP contribution in [0.1, 0.15) is 11.1 Å². The molecule has 0 saturated carbocycles. The predicted molar refractivity (Wildman–Crippen MR) is 54.5 cm³/mol. The first-order valence-corrected chi connectivity index (χ1v) is 4.86. The van der Waals surface area contributed by atoms with Gasteiger partial charge in [-0.05, 0) is 28.8 Å². The molecule has 0 spiro atoms. The van der Waals surface area contributed by atoms with E-state index in [4.69, 9.17) is 5.73 Å². The van der Waals surface area contributed by atoms with E-state index in [9.17, 15) is 0 Å². The molecule has 0 aliphatic carbocycles. The summed E-state index contributed by atoms with van der Waals surface area (Å²) in [7, 11) is 0. The Morgan fingerprint density at radius 3 is 3.00 bits per heavy atom. The van der Waals surface area contributed by atoms with Crippen molar-refractivity contribution < 1.29 is 0 Å². The molecule has 62 valence electrons. The highest BCUT2D eigenvalue weighted by Gasteiger charge is 2.02. The predicted octanol–water partition coefficient (Wildman–Crippen LogP) is 2.67. The van der Waals surface area contributed by atoms with Crippen LogP contribution >= 0.6 is 11.3 Å². The Labute approximate surface area is 75.8 Å². The van der Waals surface area contributed by atoms with Crippen LogP contribution in [0.25, 0.3) is 10.1 Å². The molecule has 2 rings (SSSR count). The van der Waals surface area contributed by atoms with Crippen LogP contribution < -0.4 is 5.73 Å². The molecule has 0 aliphatic heterocycles. The second kappa shape index (κ2) is 2.88. The van der Waals surface area contributed by atoms with Gasteiger partial charge in [0.2, 0.25) is 0 Å². The quantitative estimate of drug-likeness (QED) is 0.712. The lowest BCUT2D eigenvalue weighted by Crippen LogP contribution is -1.93. The minimum atomic E-state index is 0.642. The molecule has 1 aromatic carbocycles. The van der Waals surface area contributed by atoms with Crippen molar-refractivity contribution in [1.82, 2.24) is 0 Å². The van der Waals surface area contributed by atoms with Gasteiger partial charge in [0, 0.05) is 11.2 Å². The molecule has 2 N–H and O–H groups in total. The lowest BCUT2D eigenvalue weighted by atomic mass is 10.1. The molecule has 0 saturated heterocycles. The van der Waals surface area contributed by atoms with Gasteiger partial charge in [0.15, 0.2) is 0 Å². The molecule has 0 atom stereocenters. The van der Waals surface area contributed by atoms with Crippen LogP contribution in [0.5, 0.6) is 0 Å². The van der Waals surface area contributed by atoms with Gasteiger partial charge in [-0.1, -0.05) is 18.2 Å². The van der Waals surface area contributed by atoms with E-state index in [0.717, 1.165) is 0 Å². The third-order valence-corrected chi connectivity index (χ3v) is 3.28. The molecule has 1 nitrogen and oxygen atoms in total. The van der Waals surface area contributed by atoms with Crippen LogP contribution in [-0.2, 0) is 6.54 Å². The maximum Gasteiger partial charge on any atom is 0.0375 e. The molecule has 1 aromatic heterocycles. The van der Waals surface area contributed by atoms with Crippen molar-refractivity contribution in [3.63, 3.8) is 0 Å². The molecule has 2 heteroatoms. The molecule has 0 aliphatic rings. The molecule has 1 heterocycles. The van der Waals surface area contributed by atoms with Crippen LogP contribution in [0.15, 0.2) is 23.6 Å². The highest BCUT2D eigenvalue weighted by Crippen LogP contribution is 2.28. The zero-order chi connectivity index (χ0) is 8.55. The Morgan fingerprint density at radius 1 is 1.42 bits per heavy atom. The summed E-state index contributed by atoms with van der Waals surface area (Å²) in [5.74, 6) is 0. The first-order chi connectivity index (χ1) is 5.83. The van der Waals surface area contributed by atoms with Crippen LogP contribution in [0.2, 0.25) is 0 Å². The first-order valence-electron chi connectivity index (χ1n) is 3.98. The van der Waals surface area contributed by atoms with Gasteiger partial charge in [-0.3, -0.25) is 0 Å². The number of rotatable bonds is 1. The Hall–Kier alpha value is -0.860. The molecule has 0 radical (unpaired) electrons. The maximum atomic E-state index is 5.62. The van der Waals surface area contributed by atoms with E-state index in [1.165, 1.54) is 21.2 Å². The molecular formula is C10H11NS. The number of aryl methyl sites for hydroxylation is 1. The van der Waals surface area contributed by atoms with Crippen LogP contribution in [0.4, 0.5) is 0 Å². The van der Waals surface area contributed by atoms with Crippen molar-refractivity contribution in [3.05, 3.63) is 34.7 Å². The van der Waals surface area contributed by atoms with Gasteiger partial charge in [0.05, 0.1) is 0 Å². The van der Waals surface area contributed by atoms with Crippen LogP contribution in [0, 0.1) is 6.92 Å². The molecule has 0 bridgehead atoms. The van der Waals surface area contributed by atoms with Gasteiger partial charge in [-0.2, -0.15) is 0 Å². The zero-order valence-electron chi connectivity index (χ0n) is 7.00. The highest BCUT2D eigenvalue weighted by atomic mass is 32.1. The van der Waals surface area contributed by atoms with Gasteiger partial charge >= 0.3 is 0 Å². The number of hydrogen-bond donors (Lipinski definition) is 1. The van der Waals surface area contributed by atoms with Crippen molar-refractivity contribution in [2.24, 2.45) is 5.73 Å². The molecular weight excluding hydrogens is 166 g/mol. The number of benzene rings is 1. The SMILES string of the molecule is Cc1cccc2c(CN)csc12. The average Bonchev–Trinajstić information content (AvgIpc) is 2.49. The minimum Gasteiger partial charge on any atom is -0.326 e. The third kappa shape index (κ3) is 1.04. The molecule has 0 unspecified atom stereocenters. The van der Waals surface area contributed by atoms with Gasteiger partial charge in [0.1, 0.15) is 0 Å². The average molecular weight is 177 g/mol. The second-order valence-corrected chi connectivity index (χ2v) is 3.80. The van der Waals surface area contributed by atoms with Gasteiger partial charge in [0.25, 0.3) is 0 Å². The van der Waals surface area contributed by atoms with Crippen molar-refractivity contribution in [3.8, 4) is 0 Å². The van der Waals surface area contributed by atoms with E-state index in [0.29, 0.717) is 6.54 Å². The monoisotopic (exact) mass is 177 g/mol. The fourth-order valence-corrected chi connectivity index (χ4v) is 2.48. The Bertz CT molecular complexity index is 403. The summed E-state index contributed by atoms with van der Waals surface area (Å²) in [5.41, 5.74) is 8.22. The molecule has 0 fully saturated rings. The number of hydrogen-bond acceptors (Lipinski definition) is 2. The highest BCUT2D eigenvalue weighted by molar-refractivity contribution is 7.17. The topological polar surface area (TPSA) is 26.0 Å². The zero-order valence-corrected chi connectivity index (χ0v) is 7.82. The second-order valence-electron chi connectivity index (χ2n) is 2.92. The first kappa shape index (κ1) is 7.77. The van der Waals surface area contributed by atoms with E-state index < -0.39 is 0 Å². The van der Waals surface area contributed by atoms with Crippen molar-refractivity contribution in [1.29, 1.82) is 0 Å². The third-order valence-electron chi connectivity index (χ3n) is 2.10. The summed E-state index contributed by atoms with van der Waals surface area (Å²) in [4.78, 5) is 0. The summed E-state index contributed by atoms with van der Waals surface area (Å²) in [6.45, 7) is 2.78. The summed E-state index contributed by atoms with van der Waals surface area (Å²) in [6, 6.07) is 6.36. The Morgan fingerprint density at radius 2 is 2.25 bits per heavy atom. The lowest BCUT2D eigenvalue weighted by Gasteiger charge is -1.95. The fraction of sp³-hybridized carbons (Fsp3) is 0.200. The smallest absolute Gasteiger partial charge is 0.0375 e. The van der Waals surface area contributed by atoms with E-state index in [2.05, 4.69) is 30.5 Å². The summed E-state index contributed by atoms with van der Waals surface area (Å²) < 4.78 is 1.37. The number of fused-ring (bicyclic) bond motifs is 1. The van der Waals surface area contributed by atoms with E-state index in [1.54, 1.807) is 11.3 Å². The van der Waals surface area contributed by atoms with E-state index in [1.807, 2.05) is 0 Å². The largest absolute Gasteiger partial charge is 0.326 e. The Kier molecular flexibility index (Phi) is 1.87. The number of nitrogens with two attached hydrogens (primary N) is 1. The van der Waals surface area contributed by atoms with Crippen LogP contribution in [-0.4, -0.2) is 0 Å². The normalized spacial score (nSPS) is 10.8.